The van der Waals surface area contributed by atoms with Gasteiger partial charge in [-0.15, -0.1) is 0 Å². The minimum Gasteiger partial charge on any atom is -0.497 e. The first-order valence-corrected chi connectivity index (χ1v) is 8.33. The van der Waals surface area contributed by atoms with E-state index in [0.29, 0.717) is 32.5 Å². The molecule has 26 heavy (non-hydrogen) atoms. The fourth-order valence-electron chi connectivity index (χ4n) is 2.65. The number of hydrogen-bond donors (Lipinski definition) is 1. The number of methoxy groups -OCH3 is 1. The molecule has 1 heterocycles. The monoisotopic (exact) mass is 361 g/mol. The highest BCUT2D eigenvalue weighted by Crippen LogP contribution is 2.15. The average molecular weight is 361 g/mol. The molecule has 2 N–H and O–H groups in total. The molecule has 1 amide bonds. The zero-order chi connectivity index (χ0) is 18.8. The molecular formula is C19H24FN3O3. The molecule has 0 saturated carbocycles. The first-order valence-electron chi connectivity index (χ1n) is 8.33. The molecule has 6 nitrogen and oxygen atoms in total. The van der Waals surface area contributed by atoms with Gasteiger partial charge in [-0.05, 0) is 42.1 Å². The van der Waals surface area contributed by atoms with Crippen LogP contribution in [0.15, 0.2) is 60.7 Å². The molecule has 0 bridgehead atoms. The van der Waals surface area contributed by atoms with Gasteiger partial charge in [0.1, 0.15) is 12.4 Å². The normalized spacial score (nSPS) is 15.7. The number of nitrogens with zero attached hydrogens (tertiary/aromatic N) is 2. The zero-order valence-corrected chi connectivity index (χ0v) is 14.8. The number of rotatable bonds is 6. The maximum atomic E-state index is 12.2. The Labute approximate surface area is 153 Å². The summed E-state index contributed by atoms with van der Waals surface area (Å²) >= 11 is 0. The molecule has 1 fully saturated rings. The fourth-order valence-corrected chi connectivity index (χ4v) is 2.65. The van der Waals surface area contributed by atoms with Crippen LogP contribution in [0.4, 0.5) is 9.18 Å². The van der Waals surface area contributed by atoms with E-state index in [1.54, 1.807) is 24.2 Å². The second-order valence-electron chi connectivity index (χ2n) is 5.65. The smallest absolute Gasteiger partial charge is 0.410 e. The first-order chi connectivity index (χ1) is 12.7. The molecule has 0 atom stereocenters. The predicted molar refractivity (Wildman–Crippen MR) is 98.0 cm³/mol. The molecule has 0 aliphatic carbocycles. The standard InChI is InChI=1S/C19H24FN3O3/c1-25-18-6-2-4-16(14-18)15-26-19(24)23-12-10-22(11-13-23)17(7-9-21)5-3-8-20/h2-9,14H,10-13,15,21H2,1H3/b8-3-,9-7-,17-5+. The molecular weight excluding hydrogens is 337 g/mol. The summed E-state index contributed by atoms with van der Waals surface area (Å²) < 4.78 is 22.8. The number of benzene rings is 1. The number of carbonyl (C=O) groups excluding carboxylic acids is 1. The van der Waals surface area contributed by atoms with Crippen molar-refractivity contribution in [2.45, 2.75) is 6.61 Å². The third kappa shape index (κ3) is 5.54. The highest BCUT2D eigenvalue weighted by atomic mass is 19.1. The predicted octanol–water partition coefficient (Wildman–Crippen LogP) is 2.79. The van der Waals surface area contributed by atoms with Gasteiger partial charge in [-0.3, -0.25) is 0 Å². The van der Waals surface area contributed by atoms with E-state index in [9.17, 15) is 9.18 Å². The lowest BCUT2D eigenvalue weighted by molar-refractivity contribution is 0.0785. The van der Waals surface area contributed by atoms with E-state index in [2.05, 4.69) is 0 Å². The van der Waals surface area contributed by atoms with Crippen molar-refractivity contribution in [2.75, 3.05) is 33.3 Å². The van der Waals surface area contributed by atoms with E-state index >= 15 is 0 Å². The van der Waals surface area contributed by atoms with Gasteiger partial charge < -0.3 is 25.0 Å². The maximum absolute atomic E-state index is 12.2. The minimum absolute atomic E-state index is 0.193. The number of nitrogens with two attached hydrogens (primary N) is 1. The number of hydrogen-bond acceptors (Lipinski definition) is 5. The van der Waals surface area contributed by atoms with Crippen LogP contribution in [0.1, 0.15) is 5.56 Å². The Morgan fingerprint density at radius 3 is 2.65 bits per heavy atom. The molecule has 0 aromatic heterocycles. The molecule has 1 aromatic carbocycles. The van der Waals surface area contributed by atoms with Gasteiger partial charge in [-0.25, -0.2) is 9.18 Å². The van der Waals surface area contributed by atoms with E-state index in [-0.39, 0.29) is 12.7 Å². The highest BCUT2D eigenvalue weighted by Gasteiger charge is 2.22. The van der Waals surface area contributed by atoms with Gasteiger partial charge in [0, 0.05) is 31.9 Å². The number of piperazine rings is 1. The lowest BCUT2D eigenvalue weighted by Crippen LogP contribution is -2.48. The Balaban J connectivity index is 1.85. The fraction of sp³-hybridized carbons (Fsp3) is 0.316. The second-order valence-corrected chi connectivity index (χ2v) is 5.65. The molecule has 1 aromatic rings. The van der Waals surface area contributed by atoms with E-state index < -0.39 is 0 Å². The summed E-state index contributed by atoms with van der Waals surface area (Å²) in [7, 11) is 1.59. The van der Waals surface area contributed by atoms with Gasteiger partial charge >= 0.3 is 6.09 Å². The number of amides is 1. The highest BCUT2D eigenvalue weighted by molar-refractivity contribution is 5.67. The number of ether oxygens (including phenoxy) is 2. The van der Waals surface area contributed by atoms with Crippen LogP contribution in [-0.4, -0.2) is 49.2 Å². The summed E-state index contributed by atoms with van der Waals surface area (Å²) in [6.07, 6.45) is 6.18. The SMILES string of the molecule is COc1cccc(COC(=O)N2CCN(C(/C=C\N)=C/C=C\F)CC2)c1. The first kappa shape index (κ1) is 19.4. The molecule has 0 unspecified atom stereocenters. The largest absolute Gasteiger partial charge is 0.497 e. The summed E-state index contributed by atoms with van der Waals surface area (Å²) in [6, 6.07) is 7.40. The van der Waals surface area contributed by atoms with Crippen LogP contribution in [0.25, 0.3) is 0 Å². The van der Waals surface area contributed by atoms with Crippen LogP contribution in [0.2, 0.25) is 0 Å². The van der Waals surface area contributed by atoms with Crippen LogP contribution in [0, 0.1) is 0 Å². The topological polar surface area (TPSA) is 68.0 Å². The minimum atomic E-state index is -0.351. The quantitative estimate of drug-likeness (QED) is 0.789. The summed E-state index contributed by atoms with van der Waals surface area (Å²) in [5.74, 6) is 0.724. The Hall–Kier alpha value is -2.96. The van der Waals surface area contributed by atoms with E-state index in [1.165, 1.54) is 12.3 Å². The number of halogens is 1. The summed E-state index contributed by atoms with van der Waals surface area (Å²) in [4.78, 5) is 15.9. The molecule has 7 heteroatoms. The summed E-state index contributed by atoms with van der Waals surface area (Å²) in [5, 5.41) is 0. The third-order valence-electron chi connectivity index (χ3n) is 4.01. The zero-order valence-electron chi connectivity index (χ0n) is 14.8. The van der Waals surface area contributed by atoms with E-state index in [1.807, 2.05) is 29.2 Å². The molecule has 1 aliphatic rings. The van der Waals surface area contributed by atoms with Crippen LogP contribution in [0.5, 0.6) is 5.75 Å². The van der Waals surface area contributed by atoms with E-state index in [4.69, 9.17) is 15.2 Å². The van der Waals surface area contributed by atoms with Crippen molar-refractivity contribution in [3.8, 4) is 5.75 Å². The Bertz CT molecular complexity index is 680. The summed E-state index contributed by atoms with van der Waals surface area (Å²) in [5.41, 5.74) is 7.10. The van der Waals surface area contributed by atoms with Crippen molar-refractivity contribution < 1.29 is 18.7 Å². The lowest BCUT2D eigenvalue weighted by atomic mass is 10.2. The molecule has 1 aliphatic heterocycles. The Morgan fingerprint density at radius 1 is 1.27 bits per heavy atom. The van der Waals surface area contributed by atoms with Crippen molar-refractivity contribution in [1.29, 1.82) is 0 Å². The van der Waals surface area contributed by atoms with Crippen molar-refractivity contribution in [1.82, 2.24) is 9.80 Å². The van der Waals surface area contributed by atoms with Gasteiger partial charge in [-0.2, -0.15) is 0 Å². The van der Waals surface area contributed by atoms with Crippen molar-refractivity contribution in [2.24, 2.45) is 5.73 Å². The lowest BCUT2D eigenvalue weighted by Gasteiger charge is -2.36. The Morgan fingerprint density at radius 2 is 2.00 bits per heavy atom. The van der Waals surface area contributed by atoms with Crippen molar-refractivity contribution in [3.63, 3.8) is 0 Å². The number of carbonyl (C=O) groups is 1. The van der Waals surface area contributed by atoms with Crippen LogP contribution >= 0.6 is 0 Å². The average Bonchev–Trinajstić information content (AvgIpc) is 2.69. The molecule has 2 rings (SSSR count). The summed E-state index contributed by atoms with van der Waals surface area (Å²) in [6.45, 7) is 2.46. The van der Waals surface area contributed by atoms with Gasteiger partial charge in [0.25, 0.3) is 0 Å². The maximum Gasteiger partial charge on any atom is 0.410 e. The second kappa shape index (κ2) is 10.1. The molecule has 1 saturated heterocycles. The Kier molecular flexibility index (Phi) is 7.54. The van der Waals surface area contributed by atoms with Crippen molar-refractivity contribution in [3.05, 3.63) is 66.3 Å². The van der Waals surface area contributed by atoms with Gasteiger partial charge in [-0.1, -0.05) is 12.1 Å². The number of allylic oxidation sites excluding steroid dienone is 3. The van der Waals surface area contributed by atoms with Crippen LogP contribution < -0.4 is 10.5 Å². The van der Waals surface area contributed by atoms with Gasteiger partial charge in [0.2, 0.25) is 0 Å². The molecule has 0 spiro atoms. The third-order valence-corrected chi connectivity index (χ3v) is 4.01. The van der Waals surface area contributed by atoms with Gasteiger partial charge in [0.15, 0.2) is 0 Å². The van der Waals surface area contributed by atoms with Gasteiger partial charge in [0.05, 0.1) is 13.4 Å². The molecule has 140 valence electrons. The van der Waals surface area contributed by atoms with Crippen molar-refractivity contribution >= 4 is 6.09 Å². The van der Waals surface area contributed by atoms with E-state index in [0.717, 1.165) is 17.0 Å². The van der Waals surface area contributed by atoms with Crippen LogP contribution in [-0.2, 0) is 11.3 Å². The van der Waals surface area contributed by atoms with Crippen LogP contribution in [0.3, 0.4) is 0 Å². The molecule has 0 radical (unpaired) electrons.